The first kappa shape index (κ1) is 23.7. The number of aromatic nitrogens is 4. The highest BCUT2D eigenvalue weighted by Gasteiger charge is 2.26. The highest BCUT2D eigenvalue weighted by Crippen LogP contribution is 2.29. The minimum Gasteiger partial charge on any atom is -0.496 e. The van der Waals surface area contributed by atoms with Crippen LogP contribution in [0.5, 0.6) is 5.75 Å². The summed E-state index contributed by atoms with van der Waals surface area (Å²) in [7, 11) is 3.28. The molecule has 2 N–H and O–H groups in total. The molecule has 0 amide bonds. The van der Waals surface area contributed by atoms with E-state index < -0.39 is 5.69 Å². The van der Waals surface area contributed by atoms with E-state index >= 15 is 0 Å². The number of aryl methyl sites for hydroxylation is 1. The molecule has 1 saturated heterocycles. The number of hydrogen-bond acceptors (Lipinski definition) is 6. The van der Waals surface area contributed by atoms with Crippen molar-refractivity contribution in [1.29, 1.82) is 0 Å². The average molecular weight is 487 g/mol. The summed E-state index contributed by atoms with van der Waals surface area (Å²) in [6, 6.07) is 11.6. The van der Waals surface area contributed by atoms with Crippen LogP contribution in [0.4, 0.5) is 5.95 Å². The molecule has 0 saturated carbocycles. The number of nitrogens with two attached hydrogens (primary N) is 1. The van der Waals surface area contributed by atoms with Crippen molar-refractivity contribution < 1.29 is 4.74 Å². The maximum Gasteiger partial charge on any atom is 0.332 e. The largest absolute Gasteiger partial charge is 0.496 e. The minimum atomic E-state index is -0.416. The number of rotatable bonds is 5. The molecule has 0 bridgehead atoms. The van der Waals surface area contributed by atoms with E-state index in [9.17, 15) is 9.59 Å². The Balaban J connectivity index is 1.71. The zero-order chi connectivity index (χ0) is 25.4. The smallest absolute Gasteiger partial charge is 0.332 e. The van der Waals surface area contributed by atoms with E-state index in [1.165, 1.54) is 9.13 Å². The second kappa shape index (κ2) is 9.55. The van der Waals surface area contributed by atoms with Gasteiger partial charge >= 0.3 is 5.69 Å². The minimum absolute atomic E-state index is 0.0353. The first-order chi connectivity index (χ1) is 17.4. The van der Waals surface area contributed by atoms with Crippen molar-refractivity contribution in [2.24, 2.45) is 12.8 Å². The van der Waals surface area contributed by atoms with Gasteiger partial charge in [-0.25, -0.2) is 4.79 Å². The molecule has 1 atom stereocenters. The molecule has 0 unspecified atom stereocenters. The molecule has 1 aliphatic heterocycles. The van der Waals surface area contributed by atoms with Crippen molar-refractivity contribution in [3.63, 3.8) is 0 Å². The second-order valence-electron chi connectivity index (χ2n) is 9.15. The third-order valence-electron chi connectivity index (χ3n) is 6.89. The molecule has 0 spiro atoms. The molecule has 4 aromatic rings. The van der Waals surface area contributed by atoms with Gasteiger partial charge in [-0.05, 0) is 36.8 Å². The quantitative estimate of drug-likeness (QED) is 0.434. The average Bonchev–Trinajstić information content (AvgIpc) is 3.28. The summed E-state index contributed by atoms with van der Waals surface area (Å²) in [6.45, 7) is 3.62. The van der Waals surface area contributed by atoms with Gasteiger partial charge in [0.05, 0.1) is 20.2 Å². The van der Waals surface area contributed by atoms with E-state index in [1.807, 2.05) is 41.0 Å². The summed E-state index contributed by atoms with van der Waals surface area (Å²) in [4.78, 5) is 34.2. The van der Waals surface area contributed by atoms with E-state index in [-0.39, 0.29) is 18.1 Å². The van der Waals surface area contributed by atoms with Crippen molar-refractivity contribution in [2.75, 3.05) is 25.1 Å². The van der Waals surface area contributed by atoms with Crippen LogP contribution in [-0.4, -0.2) is 44.9 Å². The third-order valence-corrected chi connectivity index (χ3v) is 6.89. The summed E-state index contributed by atoms with van der Waals surface area (Å²) < 4.78 is 10.1. The molecule has 36 heavy (non-hydrogen) atoms. The first-order valence-electron chi connectivity index (χ1n) is 12.1. The predicted molar refractivity (Wildman–Crippen MR) is 142 cm³/mol. The normalized spacial score (nSPS) is 15.8. The van der Waals surface area contributed by atoms with Gasteiger partial charge in [0.2, 0.25) is 5.95 Å². The predicted octanol–water partition coefficient (Wildman–Crippen LogP) is 2.06. The monoisotopic (exact) mass is 486 g/mol. The maximum absolute atomic E-state index is 13.9. The number of nitrogens with zero attached hydrogens (tertiary/aromatic N) is 5. The van der Waals surface area contributed by atoms with Crippen LogP contribution in [0.2, 0.25) is 0 Å². The number of benzene rings is 2. The standard InChI is InChI=1S/C27H30N6O3/c1-4-5-15-32-23-24(29-26(32)31-14-8-9-19(28)17-31)30(2)27(35)33(25(23)34)16-18-12-13-22(36-3)21-11-7-6-10-20(18)21/h6-7,10-13,19H,8-9,14-17,28H2,1-3H3/t19-/m0/s1. The molecule has 2 aromatic carbocycles. The van der Waals surface area contributed by atoms with Crippen molar-refractivity contribution in [3.8, 4) is 17.6 Å². The highest BCUT2D eigenvalue weighted by atomic mass is 16.5. The molecule has 5 rings (SSSR count). The van der Waals surface area contributed by atoms with Crippen molar-refractivity contribution >= 4 is 27.9 Å². The van der Waals surface area contributed by atoms with E-state index in [0.717, 1.165) is 41.5 Å². The molecular formula is C27H30N6O3. The summed E-state index contributed by atoms with van der Waals surface area (Å²) in [6.07, 6.45) is 1.89. The van der Waals surface area contributed by atoms with Gasteiger partial charge in [-0.15, -0.1) is 5.92 Å². The van der Waals surface area contributed by atoms with Crippen molar-refractivity contribution in [2.45, 2.75) is 38.9 Å². The molecule has 9 nitrogen and oxygen atoms in total. The Labute approximate surface area is 208 Å². The number of piperidine rings is 1. The summed E-state index contributed by atoms with van der Waals surface area (Å²) >= 11 is 0. The van der Waals surface area contributed by atoms with Crippen LogP contribution in [0.3, 0.4) is 0 Å². The van der Waals surface area contributed by atoms with Gasteiger partial charge in [0.15, 0.2) is 11.2 Å². The van der Waals surface area contributed by atoms with E-state index in [4.69, 9.17) is 15.5 Å². The zero-order valence-corrected chi connectivity index (χ0v) is 20.8. The van der Waals surface area contributed by atoms with Crippen LogP contribution in [0.25, 0.3) is 21.9 Å². The number of methoxy groups -OCH3 is 1. The van der Waals surface area contributed by atoms with E-state index in [1.54, 1.807) is 21.1 Å². The van der Waals surface area contributed by atoms with Crippen LogP contribution in [0.1, 0.15) is 25.3 Å². The SMILES string of the molecule is CC#CCn1c(N2CCC[C@H](N)C2)nc2c1c(=O)n(Cc1ccc(OC)c3ccccc13)c(=O)n2C. The van der Waals surface area contributed by atoms with Gasteiger partial charge in [0, 0.05) is 31.6 Å². The molecule has 1 fully saturated rings. The first-order valence-corrected chi connectivity index (χ1v) is 12.1. The lowest BCUT2D eigenvalue weighted by Crippen LogP contribution is -2.44. The fourth-order valence-corrected chi connectivity index (χ4v) is 5.06. The topological polar surface area (TPSA) is 100 Å². The van der Waals surface area contributed by atoms with Gasteiger partial charge in [0.1, 0.15) is 5.75 Å². The number of imidazole rings is 1. The highest BCUT2D eigenvalue weighted by molar-refractivity contribution is 5.91. The molecule has 0 aliphatic carbocycles. The lowest BCUT2D eigenvalue weighted by atomic mass is 10.0. The zero-order valence-electron chi connectivity index (χ0n) is 20.8. The summed E-state index contributed by atoms with van der Waals surface area (Å²) in [5.41, 5.74) is 7.01. The van der Waals surface area contributed by atoms with Crippen LogP contribution in [0.15, 0.2) is 46.0 Å². The second-order valence-corrected chi connectivity index (χ2v) is 9.15. The summed E-state index contributed by atoms with van der Waals surface area (Å²) in [5, 5.41) is 1.86. The fourth-order valence-electron chi connectivity index (χ4n) is 5.06. The third kappa shape index (κ3) is 3.93. The van der Waals surface area contributed by atoms with E-state index in [2.05, 4.69) is 16.7 Å². The molecule has 1 aliphatic rings. The molecule has 3 heterocycles. The van der Waals surface area contributed by atoms with Crippen LogP contribution in [0, 0.1) is 11.8 Å². The Morgan fingerprint density at radius 3 is 2.64 bits per heavy atom. The molecule has 0 radical (unpaired) electrons. The fraction of sp³-hybridized carbons (Fsp3) is 0.370. The van der Waals surface area contributed by atoms with Gasteiger partial charge < -0.3 is 15.4 Å². The Kier molecular flexibility index (Phi) is 6.29. The van der Waals surface area contributed by atoms with Gasteiger partial charge in [-0.1, -0.05) is 36.3 Å². The Morgan fingerprint density at radius 1 is 1.14 bits per heavy atom. The van der Waals surface area contributed by atoms with Crippen molar-refractivity contribution in [3.05, 3.63) is 62.8 Å². The van der Waals surface area contributed by atoms with Crippen LogP contribution in [-0.2, 0) is 20.1 Å². The lowest BCUT2D eigenvalue weighted by molar-refractivity contribution is 0.419. The Bertz CT molecular complexity index is 1640. The molecule has 186 valence electrons. The number of hydrogen-bond donors (Lipinski definition) is 1. The van der Waals surface area contributed by atoms with Gasteiger partial charge in [-0.2, -0.15) is 4.98 Å². The number of ether oxygens (including phenoxy) is 1. The van der Waals surface area contributed by atoms with E-state index in [0.29, 0.717) is 30.2 Å². The van der Waals surface area contributed by atoms with Crippen LogP contribution < -0.4 is 26.6 Å². The number of anilines is 1. The maximum atomic E-state index is 13.9. The lowest BCUT2D eigenvalue weighted by Gasteiger charge is -2.31. The number of fused-ring (bicyclic) bond motifs is 2. The summed E-state index contributed by atoms with van der Waals surface area (Å²) in [5.74, 6) is 7.34. The Morgan fingerprint density at radius 2 is 1.92 bits per heavy atom. The Hall–Kier alpha value is -4.03. The van der Waals surface area contributed by atoms with Gasteiger partial charge in [0.25, 0.3) is 5.56 Å². The molecule has 9 heteroatoms. The van der Waals surface area contributed by atoms with Crippen molar-refractivity contribution in [1.82, 2.24) is 18.7 Å². The van der Waals surface area contributed by atoms with Gasteiger partial charge in [-0.3, -0.25) is 18.5 Å². The molecular weight excluding hydrogens is 456 g/mol. The molecule has 2 aromatic heterocycles. The van der Waals surface area contributed by atoms with Crippen LogP contribution >= 0.6 is 0 Å².